The number of carbonyl (C=O) groups is 1. The van der Waals surface area contributed by atoms with Crippen molar-refractivity contribution in [2.24, 2.45) is 5.73 Å². The van der Waals surface area contributed by atoms with Gasteiger partial charge in [0.25, 0.3) is 0 Å². The summed E-state index contributed by atoms with van der Waals surface area (Å²) in [6, 6.07) is 5.21. The van der Waals surface area contributed by atoms with Crippen LogP contribution in [0.15, 0.2) is 30.5 Å². The van der Waals surface area contributed by atoms with E-state index in [1.807, 2.05) is 44.9 Å². The largest absolute Gasteiger partial charge is 0.477 e. The third-order valence-corrected chi connectivity index (χ3v) is 3.67. The van der Waals surface area contributed by atoms with E-state index in [9.17, 15) is 14.3 Å². The molecule has 0 spiro atoms. The molecule has 1 aromatic carbocycles. The lowest BCUT2D eigenvalue weighted by Crippen LogP contribution is -2.32. The number of halogens is 1. The summed E-state index contributed by atoms with van der Waals surface area (Å²) in [6.07, 6.45) is 1.36. The van der Waals surface area contributed by atoms with Gasteiger partial charge in [-0.2, -0.15) is 4.98 Å². The molecule has 1 aromatic heterocycles. The van der Waals surface area contributed by atoms with Gasteiger partial charge in [0.2, 0.25) is 11.8 Å². The summed E-state index contributed by atoms with van der Waals surface area (Å²) >= 11 is 0. The molecule has 4 N–H and O–H groups in total. The van der Waals surface area contributed by atoms with Gasteiger partial charge in [-0.3, -0.25) is 4.90 Å². The minimum Gasteiger partial charge on any atom is -0.477 e. The highest BCUT2D eigenvalue weighted by molar-refractivity contribution is 5.90. The molecule has 1 heterocycles. The van der Waals surface area contributed by atoms with E-state index in [2.05, 4.69) is 15.3 Å². The molecule has 10 heteroatoms. The highest BCUT2D eigenvalue weighted by Gasteiger charge is 2.16. The molecule has 160 valence electrons. The van der Waals surface area contributed by atoms with E-state index >= 15 is 0 Å². The molecule has 0 aliphatic carbocycles. The fourth-order valence-corrected chi connectivity index (χ4v) is 1.68. The molecule has 0 bridgehead atoms. The Balaban J connectivity index is 0.000000612. The summed E-state index contributed by atoms with van der Waals surface area (Å²) in [6.45, 7) is 3.30. The van der Waals surface area contributed by atoms with Crippen molar-refractivity contribution < 1.29 is 19.0 Å². The molecule has 0 aliphatic heterocycles. The predicted molar refractivity (Wildman–Crippen MR) is 110 cm³/mol. The molecular weight excluding hydrogens is 379 g/mol. The first-order valence-electron chi connectivity index (χ1n) is 8.94. The predicted octanol–water partition coefficient (Wildman–Crippen LogP) is 1.93. The van der Waals surface area contributed by atoms with E-state index in [0.717, 1.165) is 6.54 Å². The minimum absolute atomic E-state index is 0.105. The van der Waals surface area contributed by atoms with Crippen molar-refractivity contribution in [3.05, 3.63) is 41.8 Å². The lowest BCUT2D eigenvalue weighted by atomic mass is 10.3. The van der Waals surface area contributed by atoms with Crippen LogP contribution in [0.5, 0.6) is 11.6 Å². The van der Waals surface area contributed by atoms with Crippen LogP contribution in [0.2, 0.25) is 0 Å². The maximum atomic E-state index is 12.9. The molecule has 0 saturated carbocycles. The van der Waals surface area contributed by atoms with E-state index in [-0.39, 0.29) is 29.3 Å². The van der Waals surface area contributed by atoms with Gasteiger partial charge in [0.15, 0.2) is 0 Å². The standard InChI is InChI=1S/C15H17FN4O3.C4H12N2/c1-20(2)8-7-17-15-18-9-12(14(21)22)13(19-15)23-11-5-3-10(16)4-6-11;1-4(5)6(2)3/h3-6,9H,7-8H2,1-2H3,(H,21,22)(H,17,18,19);4H,5H2,1-3H3. The smallest absolute Gasteiger partial charge is 0.342 e. The van der Waals surface area contributed by atoms with Gasteiger partial charge in [0.05, 0.1) is 12.4 Å². The Kier molecular flexibility index (Phi) is 9.93. The second kappa shape index (κ2) is 11.9. The first kappa shape index (κ1) is 24.2. The number of nitrogens with one attached hydrogen (secondary N) is 1. The molecule has 0 saturated heterocycles. The highest BCUT2D eigenvalue weighted by atomic mass is 19.1. The van der Waals surface area contributed by atoms with Gasteiger partial charge in [0, 0.05) is 13.1 Å². The average Bonchev–Trinajstić information content (AvgIpc) is 2.63. The zero-order valence-corrected chi connectivity index (χ0v) is 17.4. The summed E-state index contributed by atoms with van der Waals surface area (Å²) < 4.78 is 18.4. The Morgan fingerprint density at radius 2 is 1.86 bits per heavy atom. The normalized spacial score (nSPS) is 11.6. The van der Waals surface area contributed by atoms with Crippen LogP contribution in [0.1, 0.15) is 17.3 Å². The zero-order chi connectivity index (χ0) is 22.0. The molecule has 0 radical (unpaired) electrons. The van der Waals surface area contributed by atoms with E-state index in [1.54, 1.807) is 0 Å². The van der Waals surface area contributed by atoms with Crippen molar-refractivity contribution in [1.82, 2.24) is 19.8 Å². The van der Waals surface area contributed by atoms with Crippen molar-refractivity contribution in [3.63, 3.8) is 0 Å². The van der Waals surface area contributed by atoms with Crippen LogP contribution < -0.4 is 15.8 Å². The van der Waals surface area contributed by atoms with Gasteiger partial charge in [-0.05, 0) is 59.4 Å². The fraction of sp³-hybridized carbons (Fsp3) is 0.421. The van der Waals surface area contributed by atoms with Gasteiger partial charge in [-0.25, -0.2) is 14.2 Å². The number of anilines is 1. The SMILES string of the molecule is CC(N)N(C)C.CN(C)CCNc1ncc(C(=O)O)c(Oc2ccc(F)cc2)n1. The molecule has 29 heavy (non-hydrogen) atoms. The third kappa shape index (κ3) is 9.28. The number of ether oxygens (including phenoxy) is 1. The molecule has 2 aromatic rings. The number of aromatic nitrogens is 2. The molecule has 1 atom stereocenters. The summed E-state index contributed by atoms with van der Waals surface area (Å²) in [7, 11) is 7.76. The topological polar surface area (TPSA) is 117 Å². The van der Waals surface area contributed by atoms with E-state index in [1.165, 1.54) is 30.5 Å². The first-order chi connectivity index (χ1) is 13.6. The number of carboxylic acids is 1. The van der Waals surface area contributed by atoms with Crippen LogP contribution in [0.25, 0.3) is 0 Å². The second-order valence-electron chi connectivity index (χ2n) is 6.71. The van der Waals surface area contributed by atoms with Crippen LogP contribution in [0.3, 0.4) is 0 Å². The molecule has 9 nitrogen and oxygen atoms in total. The van der Waals surface area contributed by atoms with Crippen LogP contribution in [0.4, 0.5) is 10.3 Å². The maximum Gasteiger partial charge on any atom is 0.342 e. The number of aromatic carboxylic acids is 1. The second-order valence-corrected chi connectivity index (χ2v) is 6.71. The van der Waals surface area contributed by atoms with E-state index in [0.29, 0.717) is 6.54 Å². The molecule has 0 fully saturated rings. The van der Waals surface area contributed by atoms with Crippen molar-refractivity contribution in [3.8, 4) is 11.6 Å². The third-order valence-electron chi connectivity index (χ3n) is 3.67. The van der Waals surface area contributed by atoms with Gasteiger partial charge in [-0.15, -0.1) is 0 Å². The van der Waals surface area contributed by atoms with Crippen molar-refractivity contribution in [1.29, 1.82) is 0 Å². The lowest BCUT2D eigenvalue weighted by molar-refractivity contribution is 0.0693. The van der Waals surface area contributed by atoms with Crippen LogP contribution >= 0.6 is 0 Å². The average molecular weight is 408 g/mol. The van der Waals surface area contributed by atoms with E-state index < -0.39 is 11.8 Å². The van der Waals surface area contributed by atoms with Crippen molar-refractivity contribution in [2.45, 2.75) is 13.1 Å². The summed E-state index contributed by atoms with van der Waals surface area (Å²) in [5, 5.41) is 12.2. The van der Waals surface area contributed by atoms with E-state index in [4.69, 9.17) is 10.5 Å². The van der Waals surface area contributed by atoms with Crippen LogP contribution in [-0.2, 0) is 0 Å². The molecule has 1 unspecified atom stereocenters. The Labute approximate surface area is 170 Å². The number of carboxylic acid groups (broad SMARTS) is 1. The fourth-order valence-electron chi connectivity index (χ4n) is 1.68. The minimum atomic E-state index is -1.21. The Bertz CT molecular complexity index is 763. The number of nitrogens with two attached hydrogens (primary N) is 1. The number of hydrogen-bond acceptors (Lipinski definition) is 8. The molecular formula is C19H29FN6O3. The lowest BCUT2D eigenvalue weighted by Gasteiger charge is -2.12. The summed E-state index contributed by atoms with van der Waals surface area (Å²) in [5.41, 5.74) is 5.19. The van der Waals surface area contributed by atoms with Crippen LogP contribution in [-0.4, -0.2) is 78.3 Å². The van der Waals surface area contributed by atoms with Crippen molar-refractivity contribution >= 4 is 11.9 Å². The number of rotatable bonds is 8. The number of benzene rings is 1. The molecule has 2 rings (SSSR count). The zero-order valence-electron chi connectivity index (χ0n) is 17.4. The summed E-state index contributed by atoms with van der Waals surface area (Å²) in [4.78, 5) is 23.2. The monoisotopic (exact) mass is 408 g/mol. The first-order valence-corrected chi connectivity index (χ1v) is 8.94. The molecule has 0 amide bonds. The highest BCUT2D eigenvalue weighted by Crippen LogP contribution is 2.24. The summed E-state index contributed by atoms with van der Waals surface area (Å²) in [5.74, 6) is -1.18. The van der Waals surface area contributed by atoms with Crippen LogP contribution in [0, 0.1) is 5.82 Å². The maximum absolute atomic E-state index is 12.9. The van der Waals surface area contributed by atoms with Gasteiger partial charge in [-0.1, -0.05) is 0 Å². The Morgan fingerprint density at radius 3 is 2.34 bits per heavy atom. The van der Waals surface area contributed by atoms with Gasteiger partial charge >= 0.3 is 5.97 Å². The van der Waals surface area contributed by atoms with Gasteiger partial charge < -0.3 is 25.8 Å². The quantitative estimate of drug-likeness (QED) is 0.563. The Hall–Kier alpha value is -2.82. The number of hydrogen-bond donors (Lipinski definition) is 3. The number of nitrogens with zero attached hydrogens (tertiary/aromatic N) is 4. The number of likely N-dealkylation sites (N-methyl/N-ethyl adjacent to an activating group) is 1. The molecule has 0 aliphatic rings. The Morgan fingerprint density at radius 1 is 1.28 bits per heavy atom. The van der Waals surface area contributed by atoms with Gasteiger partial charge in [0.1, 0.15) is 17.1 Å². The van der Waals surface area contributed by atoms with Crippen molar-refractivity contribution in [2.75, 3.05) is 46.6 Å².